The summed E-state index contributed by atoms with van der Waals surface area (Å²) in [6.07, 6.45) is 2.09. The lowest BCUT2D eigenvalue weighted by Gasteiger charge is -2.14. The van der Waals surface area contributed by atoms with E-state index in [1.54, 1.807) is 6.92 Å². The average molecular weight is 297 g/mol. The molecule has 0 spiro atoms. The second-order valence-corrected chi connectivity index (χ2v) is 4.08. The van der Waals surface area contributed by atoms with Crippen molar-refractivity contribution < 1.29 is 28.5 Å². The van der Waals surface area contributed by atoms with E-state index in [4.69, 9.17) is 18.9 Å². The Hall–Kier alpha value is -2.15. The molecule has 1 aromatic heterocycles. The van der Waals surface area contributed by atoms with Crippen LogP contribution < -0.4 is 9.47 Å². The lowest BCUT2D eigenvalue weighted by molar-refractivity contribution is -0.162. The van der Waals surface area contributed by atoms with Crippen molar-refractivity contribution in [3.63, 3.8) is 0 Å². The van der Waals surface area contributed by atoms with E-state index in [1.165, 1.54) is 19.4 Å². The summed E-state index contributed by atoms with van der Waals surface area (Å²) < 4.78 is 20.5. The molecule has 0 saturated carbocycles. The Kier molecular flexibility index (Phi) is 7.17. The van der Waals surface area contributed by atoms with Gasteiger partial charge in [0.1, 0.15) is 5.69 Å². The first kappa shape index (κ1) is 16.9. The Morgan fingerprint density at radius 3 is 2.86 bits per heavy atom. The normalized spacial score (nSPS) is 11.6. The van der Waals surface area contributed by atoms with Gasteiger partial charge in [0.05, 0.1) is 7.11 Å². The van der Waals surface area contributed by atoms with Crippen molar-refractivity contribution in [3.05, 3.63) is 18.0 Å². The smallest absolute Gasteiger partial charge is 0.337 e. The average Bonchev–Trinajstić information content (AvgIpc) is 2.52. The molecule has 1 heterocycles. The van der Waals surface area contributed by atoms with Crippen molar-refractivity contribution in [1.29, 1.82) is 0 Å². The lowest BCUT2D eigenvalue weighted by atomic mass is 10.3. The van der Waals surface area contributed by atoms with Crippen LogP contribution in [0.4, 0.5) is 0 Å². The summed E-state index contributed by atoms with van der Waals surface area (Å²) in [6, 6.07) is 1.54. The predicted molar refractivity (Wildman–Crippen MR) is 73.5 cm³/mol. The highest BCUT2D eigenvalue weighted by Crippen LogP contribution is 2.28. The molecular formula is C14H19NO6. The Morgan fingerprint density at radius 1 is 1.48 bits per heavy atom. The van der Waals surface area contributed by atoms with E-state index in [-0.39, 0.29) is 18.2 Å². The van der Waals surface area contributed by atoms with Crippen LogP contribution in [0.25, 0.3) is 0 Å². The summed E-state index contributed by atoms with van der Waals surface area (Å²) in [5, 5.41) is 0. The third kappa shape index (κ3) is 5.03. The largest absolute Gasteiger partial charge is 0.493 e. The second kappa shape index (κ2) is 8.91. The van der Waals surface area contributed by atoms with Crippen LogP contribution in [0.1, 0.15) is 30.8 Å². The van der Waals surface area contributed by atoms with Crippen LogP contribution in [0.5, 0.6) is 11.5 Å². The number of carbonyl (C=O) groups is 2. The molecule has 0 radical (unpaired) electrons. The zero-order chi connectivity index (χ0) is 15.7. The Bertz CT molecular complexity index is 477. The van der Waals surface area contributed by atoms with Gasteiger partial charge in [0.25, 0.3) is 0 Å². The first-order valence-electron chi connectivity index (χ1n) is 6.53. The summed E-state index contributed by atoms with van der Waals surface area (Å²) in [5.41, 5.74) is 0.0701. The molecule has 0 aromatic carbocycles. The molecule has 1 rings (SSSR count). The number of nitrogens with zero attached hydrogens (tertiary/aromatic N) is 1. The molecule has 0 aliphatic carbocycles. The fourth-order valence-electron chi connectivity index (χ4n) is 1.46. The van der Waals surface area contributed by atoms with Crippen LogP contribution in [0.2, 0.25) is 0 Å². The van der Waals surface area contributed by atoms with Crippen molar-refractivity contribution in [1.82, 2.24) is 4.98 Å². The topological polar surface area (TPSA) is 84.0 Å². The SMILES string of the molecule is CCCOC(C)C(=O)OCOc1c(OC)ccnc1C=O. The molecule has 1 unspecified atom stereocenters. The third-order valence-corrected chi connectivity index (χ3v) is 2.54. The van der Waals surface area contributed by atoms with Gasteiger partial charge in [-0.05, 0) is 13.3 Å². The van der Waals surface area contributed by atoms with Crippen molar-refractivity contribution in [2.45, 2.75) is 26.4 Å². The lowest BCUT2D eigenvalue weighted by Crippen LogP contribution is -2.25. The van der Waals surface area contributed by atoms with Crippen LogP contribution in [0.3, 0.4) is 0 Å². The second-order valence-electron chi connectivity index (χ2n) is 4.08. The summed E-state index contributed by atoms with van der Waals surface area (Å²) in [4.78, 5) is 26.3. The summed E-state index contributed by atoms with van der Waals surface area (Å²) in [5.74, 6) is -0.0812. The molecular weight excluding hydrogens is 278 g/mol. The molecule has 0 fully saturated rings. The van der Waals surface area contributed by atoms with E-state index in [0.717, 1.165) is 6.42 Å². The van der Waals surface area contributed by atoms with Crippen molar-refractivity contribution in [3.8, 4) is 11.5 Å². The minimum absolute atomic E-state index is 0.0701. The van der Waals surface area contributed by atoms with Gasteiger partial charge in [-0.3, -0.25) is 4.79 Å². The molecule has 0 aliphatic rings. The number of aldehydes is 1. The Morgan fingerprint density at radius 2 is 2.24 bits per heavy atom. The first-order chi connectivity index (χ1) is 10.1. The van der Waals surface area contributed by atoms with Gasteiger partial charge in [0.15, 0.2) is 23.9 Å². The third-order valence-electron chi connectivity index (χ3n) is 2.54. The number of hydrogen-bond donors (Lipinski definition) is 0. The van der Waals surface area contributed by atoms with E-state index >= 15 is 0 Å². The van der Waals surface area contributed by atoms with Gasteiger partial charge in [0, 0.05) is 18.9 Å². The molecule has 7 heteroatoms. The summed E-state index contributed by atoms with van der Waals surface area (Å²) >= 11 is 0. The van der Waals surface area contributed by atoms with Gasteiger partial charge in [-0.15, -0.1) is 0 Å². The van der Waals surface area contributed by atoms with Crippen LogP contribution in [-0.2, 0) is 14.3 Å². The maximum atomic E-state index is 11.6. The highest BCUT2D eigenvalue weighted by atomic mass is 16.7. The molecule has 0 bridgehead atoms. The number of esters is 1. The van der Waals surface area contributed by atoms with Gasteiger partial charge >= 0.3 is 5.97 Å². The van der Waals surface area contributed by atoms with E-state index in [0.29, 0.717) is 18.6 Å². The standard InChI is InChI=1S/C14H19NO6/c1-4-7-19-10(2)14(17)21-9-20-13-11(8-16)15-6-5-12(13)18-3/h5-6,8,10H,4,7,9H2,1-3H3. The van der Waals surface area contributed by atoms with Crippen LogP contribution in [0, 0.1) is 0 Å². The molecule has 1 atom stereocenters. The number of hydrogen-bond acceptors (Lipinski definition) is 7. The van der Waals surface area contributed by atoms with Gasteiger partial charge < -0.3 is 18.9 Å². The zero-order valence-electron chi connectivity index (χ0n) is 12.3. The Labute approximate surface area is 123 Å². The van der Waals surface area contributed by atoms with Gasteiger partial charge in [-0.2, -0.15) is 0 Å². The van der Waals surface area contributed by atoms with Crippen molar-refractivity contribution in [2.75, 3.05) is 20.5 Å². The zero-order valence-corrected chi connectivity index (χ0v) is 12.3. The maximum absolute atomic E-state index is 11.6. The molecule has 7 nitrogen and oxygen atoms in total. The van der Waals surface area contributed by atoms with Crippen LogP contribution >= 0.6 is 0 Å². The van der Waals surface area contributed by atoms with Gasteiger partial charge in [-0.1, -0.05) is 6.92 Å². The molecule has 1 aromatic rings. The summed E-state index contributed by atoms with van der Waals surface area (Å²) in [6.45, 7) is 3.65. The molecule has 21 heavy (non-hydrogen) atoms. The maximum Gasteiger partial charge on any atom is 0.337 e. The minimum atomic E-state index is -0.671. The molecule has 0 aliphatic heterocycles. The predicted octanol–water partition coefficient (Wildman–Crippen LogP) is 1.60. The van der Waals surface area contributed by atoms with Crippen LogP contribution in [-0.4, -0.2) is 43.9 Å². The van der Waals surface area contributed by atoms with E-state index < -0.39 is 12.1 Å². The summed E-state index contributed by atoms with van der Waals surface area (Å²) in [7, 11) is 1.43. The fourth-order valence-corrected chi connectivity index (χ4v) is 1.46. The van der Waals surface area contributed by atoms with Gasteiger partial charge in [0.2, 0.25) is 6.79 Å². The monoisotopic (exact) mass is 297 g/mol. The number of pyridine rings is 1. The molecule has 0 amide bonds. The van der Waals surface area contributed by atoms with Gasteiger partial charge in [-0.25, -0.2) is 9.78 Å². The minimum Gasteiger partial charge on any atom is -0.493 e. The highest BCUT2D eigenvalue weighted by Gasteiger charge is 2.16. The number of methoxy groups -OCH3 is 1. The quantitative estimate of drug-likeness (QED) is 0.389. The number of ether oxygens (including phenoxy) is 4. The van der Waals surface area contributed by atoms with E-state index in [2.05, 4.69) is 4.98 Å². The molecule has 0 N–H and O–H groups in total. The molecule has 0 saturated heterocycles. The number of rotatable bonds is 9. The van der Waals surface area contributed by atoms with Crippen LogP contribution in [0.15, 0.2) is 12.3 Å². The fraction of sp³-hybridized carbons (Fsp3) is 0.500. The number of aromatic nitrogens is 1. The van der Waals surface area contributed by atoms with Crippen molar-refractivity contribution >= 4 is 12.3 Å². The number of carbonyl (C=O) groups excluding carboxylic acids is 2. The Balaban J connectivity index is 2.56. The van der Waals surface area contributed by atoms with E-state index in [1.807, 2.05) is 6.92 Å². The van der Waals surface area contributed by atoms with E-state index in [9.17, 15) is 9.59 Å². The highest BCUT2D eigenvalue weighted by molar-refractivity contribution is 5.78. The molecule has 116 valence electrons. The first-order valence-corrected chi connectivity index (χ1v) is 6.53. The van der Waals surface area contributed by atoms with Crippen molar-refractivity contribution in [2.24, 2.45) is 0 Å².